The molecule has 5 heterocycles. The number of anilines is 1. The summed E-state index contributed by atoms with van der Waals surface area (Å²) in [6.07, 6.45) is 3.91. The van der Waals surface area contributed by atoms with Gasteiger partial charge in [0.25, 0.3) is 5.91 Å². The van der Waals surface area contributed by atoms with Gasteiger partial charge >= 0.3 is 0 Å². The number of methoxy groups -OCH3 is 1. The molecule has 2 unspecified atom stereocenters. The second-order valence-corrected chi connectivity index (χ2v) is 14.5. The fraction of sp³-hybridized carbons (Fsp3) is 0.395. The molecule has 4 aromatic rings. The molecular weight excluding hydrogens is 719 g/mol. The monoisotopic (exact) mass is 760 g/mol. The number of β-amino-alcohol motifs (C(OH)–C–C–N with tert-alkyl or cyclic N) is 1. The standard InChI is InChI=1S/C38H42Cl2N8O5/c1-46-30-12-15-48(33(51)21-47-14-11-25(49)19-47)20-29(30)44-37(46)38(52)45-28-5-3-4-26(34(28)39)27-10-13-42-36(35(27)40)22-6-7-23(31(16-22)53-2)17-41-18-24-8-9-32(50)43-24/h3-7,10,13,16,24-25,41,49H,8-9,11-12,14-15,17-21H2,1-2H3,(H,43,50)(H,45,52). The highest BCUT2D eigenvalue weighted by atomic mass is 35.5. The van der Waals surface area contributed by atoms with Crippen molar-refractivity contribution in [2.75, 3.05) is 45.2 Å². The van der Waals surface area contributed by atoms with E-state index in [0.717, 1.165) is 23.2 Å². The lowest BCUT2D eigenvalue weighted by molar-refractivity contribution is -0.133. The zero-order chi connectivity index (χ0) is 37.2. The van der Waals surface area contributed by atoms with Crippen molar-refractivity contribution >= 4 is 46.6 Å². The summed E-state index contributed by atoms with van der Waals surface area (Å²) in [5.74, 6) is 0.538. The average Bonchev–Trinajstić information content (AvgIpc) is 3.86. The molecule has 3 amide bonds. The van der Waals surface area contributed by atoms with E-state index in [4.69, 9.17) is 27.9 Å². The number of pyridine rings is 1. The normalized spacial score (nSPS) is 18.6. The number of rotatable bonds is 11. The number of likely N-dealkylation sites (tertiary alicyclic amines) is 1. The van der Waals surface area contributed by atoms with Crippen molar-refractivity contribution in [3.8, 4) is 28.1 Å². The van der Waals surface area contributed by atoms with E-state index in [2.05, 4.69) is 25.9 Å². The van der Waals surface area contributed by atoms with Crippen LogP contribution in [0.5, 0.6) is 5.75 Å². The smallest absolute Gasteiger partial charge is 0.291 e. The van der Waals surface area contributed by atoms with Gasteiger partial charge in [0, 0.05) is 92.8 Å². The minimum absolute atomic E-state index is 0.0143. The number of aliphatic hydroxyl groups excluding tert-OH is 1. The van der Waals surface area contributed by atoms with Gasteiger partial charge in [-0.2, -0.15) is 0 Å². The third kappa shape index (κ3) is 7.90. The number of carbonyl (C=O) groups is 3. The van der Waals surface area contributed by atoms with Crippen LogP contribution in [0, 0.1) is 0 Å². The van der Waals surface area contributed by atoms with Crippen molar-refractivity contribution in [2.45, 2.75) is 50.9 Å². The third-order valence-corrected chi connectivity index (χ3v) is 11.0. The molecule has 0 spiro atoms. The number of halogens is 2. The fourth-order valence-electron chi connectivity index (χ4n) is 7.31. The summed E-state index contributed by atoms with van der Waals surface area (Å²) in [5, 5.41) is 19.8. The van der Waals surface area contributed by atoms with Gasteiger partial charge in [0.05, 0.1) is 53.4 Å². The van der Waals surface area contributed by atoms with Gasteiger partial charge in [-0.05, 0) is 31.0 Å². The van der Waals surface area contributed by atoms with Crippen LogP contribution in [0.2, 0.25) is 10.0 Å². The van der Waals surface area contributed by atoms with Gasteiger partial charge in [-0.25, -0.2) is 4.98 Å². The number of hydrogen-bond donors (Lipinski definition) is 4. The zero-order valence-corrected chi connectivity index (χ0v) is 31.1. The van der Waals surface area contributed by atoms with Crippen molar-refractivity contribution in [1.82, 2.24) is 35.0 Å². The molecule has 2 fully saturated rings. The van der Waals surface area contributed by atoms with Crippen molar-refractivity contribution < 1.29 is 24.2 Å². The third-order valence-electron chi connectivity index (χ3n) is 10.2. The lowest BCUT2D eigenvalue weighted by atomic mass is 10.0. The second kappa shape index (κ2) is 15.8. The van der Waals surface area contributed by atoms with E-state index in [1.54, 1.807) is 48.0 Å². The fourth-order valence-corrected chi connectivity index (χ4v) is 7.91. The number of aromatic nitrogens is 3. The van der Waals surface area contributed by atoms with Gasteiger partial charge < -0.3 is 35.3 Å². The van der Waals surface area contributed by atoms with Gasteiger partial charge in [0.2, 0.25) is 11.8 Å². The summed E-state index contributed by atoms with van der Waals surface area (Å²) in [7, 11) is 3.42. The van der Waals surface area contributed by atoms with Crippen LogP contribution < -0.4 is 20.7 Å². The Morgan fingerprint density at radius 2 is 1.91 bits per heavy atom. The topological polar surface area (TPSA) is 154 Å². The molecule has 2 aromatic heterocycles. The Balaban J connectivity index is 1.05. The first-order valence-corrected chi connectivity index (χ1v) is 18.5. The van der Waals surface area contributed by atoms with Gasteiger partial charge in [0.15, 0.2) is 5.82 Å². The molecule has 0 saturated carbocycles. The van der Waals surface area contributed by atoms with Crippen LogP contribution in [0.15, 0.2) is 48.7 Å². The predicted octanol–water partition coefficient (Wildman–Crippen LogP) is 4.04. The largest absolute Gasteiger partial charge is 0.496 e. The van der Waals surface area contributed by atoms with E-state index in [9.17, 15) is 19.5 Å². The van der Waals surface area contributed by atoms with Crippen LogP contribution in [-0.4, -0.2) is 99.1 Å². The summed E-state index contributed by atoms with van der Waals surface area (Å²) in [5.41, 5.74) is 5.51. The summed E-state index contributed by atoms with van der Waals surface area (Å²) in [6.45, 7) is 3.54. The molecule has 53 heavy (non-hydrogen) atoms. The van der Waals surface area contributed by atoms with Crippen LogP contribution in [0.3, 0.4) is 0 Å². The minimum atomic E-state index is -0.430. The maximum Gasteiger partial charge on any atom is 0.291 e. The van der Waals surface area contributed by atoms with E-state index in [0.29, 0.717) is 103 Å². The number of benzene rings is 2. The molecule has 0 bridgehead atoms. The Morgan fingerprint density at radius 1 is 1.08 bits per heavy atom. The van der Waals surface area contributed by atoms with Crippen LogP contribution in [0.25, 0.3) is 22.4 Å². The molecule has 2 saturated heterocycles. The van der Waals surface area contributed by atoms with Gasteiger partial charge in [-0.15, -0.1) is 0 Å². The highest BCUT2D eigenvalue weighted by Gasteiger charge is 2.30. The van der Waals surface area contributed by atoms with Crippen molar-refractivity contribution in [3.05, 3.63) is 81.5 Å². The first kappa shape index (κ1) is 36.8. The predicted molar refractivity (Wildman–Crippen MR) is 202 cm³/mol. The molecular formula is C38H42Cl2N8O5. The number of hydrogen-bond acceptors (Lipinski definition) is 9. The summed E-state index contributed by atoms with van der Waals surface area (Å²) in [4.78, 5) is 51.1. The first-order valence-electron chi connectivity index (χ1n) is 17.7. The van der Waals surface area contributed by atoms with Crippen molar-refractivity contribution in [3.63, 3.8) is 0 Å². The second-order valence-electron chi connectivity index (χ2n) is 13.7. The van der Waals surface area contributed by atoms with E-state index in [-0.39, 0.29) is 36.3 Å². The SMILES string of the molecule is COc1cc(-c2nccc(-c3cccc(NC(=O)c4nc5c(n4C)CCN(C(=O)CN4CCC(O)C4)C5)c3Cl)c2Cl)ccc1CNCC1CCC(=O)N1. The van der Waals surface area contributed by atoms with Gasteiger partial charge in [0.1, 0.15) is 5.75 Å². The lowest BCUT2D eigenvalue weighted by Gasteiger charge is -2.28. The lowest BCUT2D eigenvalue weighted by Crippen LogP contribution is -2.42. The minimum Gasteiger partial charge on any atom is -0.496 e. The number of aliphatic hydroxyl groups is 1. The molecule has 15 heteroatoms. The van der Waals surface area contributed by atoms with E-state index in [1.807, 2.05) is 29.2 Å². The van der Waals surface area contributed by atoms with Crippen LogP contribution in [0.1, 0.15) is 46.8 Å². The molecule has 7 rings (SSSR count). The maximum atomic E-state index is 13.6. The van der Waals surface area contributed by atoms with Crippen LogP contribution in [-0.2, 0) is 36.1 Å². The number of fused-ring (bicyclic) bond motifs is 1. The quantitative estimate of drug-likeness (QED) is 0.178. The Labute approximate surface area is 317 Å². The highest BCUT2D eigenvalue weighted by Crippen LogP contribution is 2.41. The molecule has 13 nitrogen and oxygen atoms in total. The van der Waals surface area contributed by atoms with E-state index < -0.39 is 5.91 Å². The number of ether oxygens (including phenoxy) is 1. The number of carbonyl (C=O) groups excluding carboxylic acids is 3. The van der Waals surface area contributed by atoms with E-state index >= 15 is 0 Å². The number of imidazole rings is 1. The Morgan fingerprint density at radius 3 is 2.66 bits per heavy atom. The van der Waals surface area contributed by atoms with Crippen LogP contribution >= 0.6 is 23.2 Å². The molecule has 3 aliphatic heterocycles. The zero-order valence-electron chi connectivity index (χ0n) is 29.6. The molecule has 2 aromatic carbocycles. The number of nitrogens with one attached hydrogen (secondary N) is 3. The first-order chi connectivity index (χ1) is 25.6. The Hall–Kier alpha value is -4.53. The summed E-state index contributed by atoms with van der Waals surface area (Å²) < 4.78 is 7.49. The molecule has 4 N–H and O–H groups in total. The number of amides is 3. The summed E-state index contributed by atoms with van der Waals surface area (Å²) in [6, 6.07) is 13.1. The molecule has 0 radical (unpaired) electrons. The molecule has 0 aliphatic carbocycles. The Bertz CT molecular complexity index is 2050. The van der Waals surface area contributed by atoms with Crippen molar-refractivity contribution in [1.29, 1.82) is 0 Å². The average molecular weight is 762 g/mol. The van der Waals surface area contributed by atoms with E-state index in [1.165, 1.54) is 0 Å². The number of nitrogens with zero attached hydrogens (tertiary/aromatic N) is 5. The molecule has 3 aliphatic rings. The Kier molecular flexibility index (Phi) is 11.0. The van der Waals surface area contributed by atoms with Gasteiger partial charge in [-0.1, -0.05) is 47.5 Å². The summed E-state index contributed by atoms with van der Waals surface area (Å²) >= 11 is 14.0. The van der Waals surface area contributed by atoms with Crippen molar-refractivity contribution in [2.24, 2.45) is 7.05 Å². The maximum absolute atomic E-state index is 13.6. The highest BCUT2D eigenvalue weighted by molar-refractivity contribution is 6.39. The molecule has 2 atom stereocenters. The van der Waals surface area contributed by atoms with Gasteiger partial charge in [-0.3, -0.25) is 24.3 Å². The van der Waals surface area contributed by atoms with Crippen LogP contribution in [0.4, 0.5) is 5.69 Å². The molecule has 278 valence electrons.